The summed E-state index contributed by atoms with van der Waals surface area (Å²) in [5.74, 6) is 0.125. The van der Waals surface area contributed by atoms with E-state index in [0.717, 1.165) is 22.3 Å². The number of amides is 1. The second-order valence-electron chi connectivity index (χ2n) is 7.22. The number of nitrogens with two attached hydrogens (primary N) is 1. The molecule has 1 atom stereocenters. The first-order chi connectivity index (χ1) is 12.6. The molecule has 2 aromatic rings. The van der Waals surface area contributed by atoms with Gasteiger partial charge in [0.1, 0.15) is 0 Å². The fraction of sp³-hybridized carbons (Fsp3) is 0.300. The lowest BCUT2D eigenvalue weighted by Crippen LogP contribution is -2.47. The molecule has 1 aliphatic heterocycles. The summed E-state index contributed by atoms with van der Waals surface area (Å²) in [5.41, 5.74) is 8.65. The SMILES string of the molecule is CN1C(=O)C[C@@](C)(c2cccc(-c3cccc(CS(C)(=O)=O)c3)c2)N=C1N. The minimum absolute atomic E-state index is 0.0000899. The molecule has 0 fully saturated rings. The number of nitrogens with zero attached hydrogens (tertiary/aromatic N) is 2. The van der Waals surface area contributed by atoms with Crippen LogP contribution in [0.2, 0.25) is 0 Å². The van der Waals surface area contributed by atoms with Crippen molar-refractivity contribution in [1.82, 2.24) is 4.90 Å². The molecule has 0 bridgehead atoms. The molecule has 7 heteroatoms. The van der Waals surface area contributed by atoms with Crippen LogP contribution in [0.3, 0.4) is 0 Å². The van der Waals surface area contributed by atoms with Gasteiger partial charge in [-0.15, -0.1) is 0 Å². The van der Waals surface area contributed by atoms with Gasteiger partial charge in [0.15, 0.2) is 15.8 Å². The van der Waals surface area contributed by atoms with E-state index in [4.69, 9.17) is 5.73 Å². The van der Waals surface area contributed by atoms with Crippen LogP contribution < -0.4 is 5.73 Å². The highest BCUT2D eigenvalue weighted by Crippen LogP contribution is 2.35. The summed E-state index contributed by atoms with van der Waals surface area (Å²) >= 11 is 0. The standard InChI is InChI=1S/C20H23N3O3S/c1-20(12-18(24)23(2)19(21)22-20)17-9-5-8-16(11-17)15-7-4-6-14(10-15)13-27(3,25)26/h4-11H,12-13H2,1-3H3,(H2,21,22)/t20-/m0/s1. The second kappa shape index (κ2) is 6.81. The molecule has 2 aromatic carbocycles. The summed E-state index contributed by atoms with van der Waals surface area (Å²) in [7, 11) is -1.49. The number of benzene rings is 2. The van der Waals surface area contributed by atoms with Crippen molar-refractivity contribution in [2.75, 3.05) is 13.3 Å². The van der Waals surface area contributed by atoms with Crippen LogP contribution in [0.15, 0.2) is 53.5 Å². The average Bonchev–Trinajstić information content (AvgIpc) is 2.58. The van der Waals surface area contributed by atoms with Crippen molar-refractivity contribution >= 4 is 21.7 Å². The molecule has 0 aliphatic carbocycles. The molecule has 27 heavy (non-hydrogen) atoms. The van der Waals surface area contributed by atoms with Gasteiger partial charge in [-0.25, -0.2) is 13.4 Å². The zero-order chi connectivity index (χ0) is 19.8. The Balaban J connectivity index is 2.00. The highest BCUT2D eigenvalue weighted by atomic mass is 32.2. The molecule has 0 radical (unpaired) electrons. The van der Waals surface area contributed by atoms with E-state index in [-0.39, 0.29) is 24.0 Å². The quantitative estimate of drug-likeness (QED) is 0.874. The van der Waals surface area contributed by atoms with Gasteiger partial charge in [0.25, 0.3) is 0 Å². The van der Waals surface area contributed by atoms with Crippen molar-refractivity contribution in [3.05, 3.63) is 59.7 Å². The van der Waals surface area contributed by atoms with Gasteiger partial charge in [-0.1, -0.05) is 42.5 Å². The van der Waals surface area contributed by atoms with Crippen LogP contribution in [0.5, 0.6) is 0 Å². The fourth-order valence-electron chi connectivity index (χ4n) is 3.25. The summed E-state index contributed by atoms with van der Waals surface area (Å²) < 4.78 is 23.2. The Morgan fingerprint density at radius 1 is 1.15 bits per heavy atom. The van der Waals surface area contributed by atoms with E-state index in [1.165, 1.54) is 11.2 Å². The average molecular weight is 385 g/mol. The molecule has 0 spiro atoms. The molecule has 3 rings (SSSR count). The van der Waals surface area contributed by atoms with Gasteiger partial charge >= 0.3 is 0 Å². The molecule has 1 amide bonds. The largest absolute Gasteiger partial charge is 0.369 e. The molecule has 0 saturated heterocycles. The van der Waals surface area contributed by atoms with Gasteiger partial charge in [0.05, 0.1) is 17.7 Å². The predicted octanol–water partition coefficient (Wildman–Crippen LogP) is 2.29. The van der Waals surface area contributed by atoms with Crippen LogP contribution >= 0.6 is 0 Å². The topological polar surface area (TPSA) is 92.8 Å². The van der Waals surface area contributed by atoms with Crippen molar-refractivity contribution in [1.29, 1.82) is 0 Å². The zero-order valence-corrected chi connectivity index (χ0v) is 16.5. The Morgan fingerprint density at radius 2 is 1.78 bits per heavy atom. The summed E-state index contributed by atoms with van der Waals surface area (Å²) in [6, 6.07) is 15.2. The molecule has 142 valence electrons. The number of aliphatic imine (C=N–C) groups is 1. The van der Waals surface area contributed by atoms with E-state index in [0.29, 0.717) is 0 Å². The lowest BCUT2D eigenvalue weighted by atomic mass is 9.86. The Labute approximate surface area is 159 Å². The number of hydrogen-bond acceptors (Lipinski definition) is 5. The normalized spacial score (nSPS) is 20.5. The monoisotopic (exact) mass is 385 g/mol. The molecular weight excluding hydrogens is 362 g/mol. The van der Waals surface area contributed by atoms with Gasteiger partial charge in [0.2, 0.25) is 5.91 Å². The maximum atomic E-state index is 12.2. The van der Waals surface area contributed by atoms with E-state index in [1.807, 2.05) is 49.4 Å². The van der Waals surface area contributed by atoms with E-state index >= 15 is 0 Å². The number of guanidine groups is 1. The van der Waals surface area contributed by atoms with Crippen molar-refractivity contribution in [3.63, 3.8) is 0 Å². The highest BCUT2D eigenvalue weighted by Gasteiger charge is 2.36. The Kier molecular flexibility index (Phi) is 4.82. The third-order valence-corrected chi connectivity index (χ3v) is 5.61. The second-order valence-corrected chi connectivity index (χ2v) is 9.36. The molecule has 0 saturated carbocycles. The highest BCUT2D eigenvalue weighted by molar-refractivity contribution is 7.89. The third kappa shape index (κ3) is 4.19. The molecule has 1 aliphatic rings. The van der Waals surface area contributed by atoms with Crippen LogP contribution in [-0.2, 0) is 25.9 Å². The maximum Gasteiger partial charge on any atom is 0.231 e. The van der Waals surface area contributed by atoms with Crippen molar-refractivity contribution in [3.8, 4) is 11.1 Å². The third-order valence-electron chi connectivity index (χ3n) is 4.75. The van der Waals surface area contributed by atoms with Crippen LogP contribution in [0.25, 0.3) is 11.1 Å². The van der Waals surface area contributed by atoms with Crippen molar-refractivity contribution in [2.45, 2.75) is 24.6 Å². The molecule has 6 nitrogen and oxygen atoms in total. The van der Waals surface area contributed by atoms with Gasteiger partial charge < -0.3 is 5.73 Å². The minimum Gasteiger partial charge on any atom is -0.369 e. The molecule has 1 heterocycles. The van der Waals surface area contributed by atoms with Crippen LogP contribution in [0, 0.1) is 0 Å². The number of sulfone groups is 1. The number of carbonyl (C=O) groups excluding carboxylic acids is 1. The first-order valence-electron chi connectivity index (χ1n) is 8.57. The summed E-state index contributed by atoms with van der Waals surface area (Å²) in [5, 5.41) is 0. The van der Waals surface area contributed by atoms with Crippen molar-refractivity contribution in [2.24, 2.45) is 10.7 Å². The number of hydrogen-bond donors (Lipinski definition) is 1. The van der Waals surface area contributed by atoms with Gasteiger partial charge in [-0.05, 0) is 35.2 Å². The Bertz CT molecular complexity index is 1030. The van der Waals surface area contributed by atoms with Gasteiger partial charge in [0, 0.05) is 13.3 Å². The number of rotatable bonds is 4. The first-order valence-corrected chi connectivity index (χ1v) is 10.6. The van der Waals surface area contributed by atoms with E-state index in [9.17, 15) is 13.2 Å². The van der Waals surface area contributed by atoms with E-state index in [2.05, 4.69) is 4.99 Å². The summed E-state index contributed by atoms with van der Waals surface area (Å²) in [6.45, 7) is 1.89. The molecular formula is C20H23N3O3S. The lowest BCUT2D eigenvalue weighted by molar-refractivity contribution is -0.128. The minimum atomic E-state index is -3.10. The lowest BCUT2D eigenvalue weighted by Gasteiger charge is -2.33. The molecule has 2 N–H and O–H groups in total. The maximum absolute atomic E-state index is 12.2. The zero-order valence-electron chi connectivity index (χ0n) is 15.6. The Hall–Kier alpha value is -2.67. The van der Waals surface area contributed by atoms with Crippen molar-refractivity contribution < 1.29 is 13.2 Å². The van der Waals surface area contributed by atoms with E-state index < -0.39 is 15.4 Å². The summed E-state index contributed by atoms with van der Waals surface area (Å²) in [6.07, 6.45) is 1.46. The number of carbonyl (C=O) groups is 1. The van der Waals surface area contributed by atoms with E-state index in [1.54, 1.807) is 13.1 Å². The summed E-state index contributed by atoms with van der Waals surface area (Å²) in [4.78, 5) is 18.1. The van der Waals surface area contributed by atoms with Gasteiger partial charge in [-0.2, -0.15) is 0 Å². The van der Waals surface area contributed by atoms with Crippen LogP contribution in [-0.4, -0.2) is 38.5 Å². The first kappa shape index (κ1) is 19.1. The predicted molar refractivity (Wildman–Crippen MR) is 107 cm³/mol. The van der Waals surface area contributed by atoms with Gasteiger partial charge in [-0.3, -0.25) is 9.69 Å². The Morgan fingerprint density at radius 3 is 2.41 bits per heavy atom. The molecule has 0 unspecified atom stereocenters. The smallest absolute Gasteiger partial charge is 0.231 e. The van der Waals surface area contributed by atoms with Crippen LogP contribution in [0.1, 0.15) is 24.5 Å². The van der Waals surface area contributed by atoms with Crippen LogP contribution in [0.4, 0.5) is 0 Å². The molecule has 0 aromatic heterocycles. The fourth-order valence-corrected chi connectivity index (χ4v) is 4.04.